The van der Waals surface area contributed by atoms with Crippen molar-refractivity contribution in [3.63, 3.8) is 0 Å². The van der Waals surface area contributed by atoms with Crippen molar-refractivity contribution in [1.29, 1.82) is 0 Å². The number of nitrogens with zero attached hydrogens (tertiary/aromatic N) is 1. The van der Waals surface area contributed by atoms with Crippen LogP contribution in [0.5, 0.6) is 5.88 Å². The van der Waals surface area contributed by atoms with Crippen molar-refractivity contribution in [2.75, 3.05) is 0 Å². The molecule has 4 heteroatoms. The molecule has 0 spiro atoms. The van der Waals surface area contributed by atoms with Gasteiger partial charge in [0.15, 0.2) is 0 Å². The lowest BCUT2D eigenvalue weighted by molar-refractivity contribution is 0.229. The standard InChI is InChI=1S/C17H21FN2O/c1-12(2)21-17-15(7-5-9-19-17)11-20-13(3)14-6-4-8-16(18)10-14/h4-10,12-13,20H,11H2,1-3H3. The number of hydrogen-bond acceptors (Lipinski definition) is 3. The Morgan fingerprint density at radius 1 is 1.19 bits per heavy atom. The smallest absolute Gasteiger partial charge is 0.218 e. The summed E-state index contributed by atoms with van der Waals surface area (Å²) in [5, 5.41) is 3.37. The van der Waals surface area contributed by atoms with Crippen LogP contribution in [0.3, 0.4) is 0 Å². The van der Waals surface area contributed by atoms with E-state index in [1.807, 2.05) is 39.0 Å². The molecule has 21 heavy (non-hydrogen) atoms. The molecule has 0 radical (unpaired) electrons. The van der Waals surface area contributed by atoms with Crippen molar-refractivity contribution >= 4 is 0 Å². The summed E-state index contributed by atoms with van der Waals surface area (Å²) in [4.78, 5) is 4.26. The average Bonchev–Trinajstić information content (AvgIpc) is 2.45. The molecule has 112 valence electrons. The predicted octanol–water partition coefficient (Wildman–Crippen LogP) is 3.86. The zero-order valence-electron chi connectivity index (χ0n) is 12.6. The maximum atomic E-state index is 13.2. The molecule has 1 atom stereocenters. The van der Waals surface area contributed by atoms with E-state index in [1.54, 1.807) is 18.3 Å². The van der Waals surface area contributed by atoms with Crippen LogP contribution in [-0.2, 0) is 6.54 Å². The highest BCUT2D eigenvalue weighted by molar-refractivity contribution is 5.26. The highest BCUT2D eigenvalue weighted by Gasteiger charge is 2.10. The fourth-order valence-corrected chi connectivity index (χ4v) is 2.04. The Labute approximate surface area is 125 Å². The first-order valence-corrected chi connectivity index (χ1v) is 7.15. The molecule has 0 aliphatic carbocycles. The summed E-state index contributed by atoms with van der Waals surface area (Å²) in [6.07, 6.45) is 1.80. The molecule has 0 saturated heterocycles. The summed E-state index contributed by atoms with van der Waals surface area (Å²) in [6.45, 7) is 6.57. The highest BCUT2D eigenvalue weighted by Crippen LogP contribution is 2.18. The lowest BCUT2D eigenvalue weighted by Crippen LogP contribution is -2.19. The van der Waals surface area contributed by atoms with Gasteiger partial charge in [0.1, 0.15) is 5.82 Å². The number of aromatic nitrogens is 1. The molecule has 0 bridgehead atoms. The topological polar surface area (TPSA) is 34.1 Å². The summed E-state index contributed by atoms with van der Waals surface area (Å²) in [6, 6.07) is 10.6. The first-order valence-electron chi connectivity index (χ1n) is 7.15. The Morgan fingerprint density at radius 3 is 2.71 bits per heavy atom. The molecular formula is C17H21FN2O. The van der Waals surface area contributed by atoms with E-state index in [-0.39, 0.29) is 18.0 Å². The average molecular weight is 288 g/mol. The van der Waals surface area contributed by atoms with Gasteiger partial charge in [0.25, 0.3) is 0 Å². The number of hydrogen-bond donors (Lipinski definition) is 1. The van der Waals surface area contributed by atoms with Gasteiger partial charge in [0.2, 0.25) is 5.88 Å². The Balaban J connectivity index is 2.02. The van der Waals surface area contributed by atoms with Crippen molar-refractivity contribution in [3.8, 4) is 5.88 Å². The fourth-order valence-electron chi connectivity index (χ4n) is 2.04. The second-order valence-corrected chi connectivity index (χ2v) is 5.29. The van der Waals surface area contributed by atoms with Gasteiger partial charge < -0.3 is 10.1 Å². The third kappa shape index (κ3) is 4.53. The second-order valence-electron chi connectivity index (χ2n) is 5.29. The van der Waals surface area contributed by atoms with Crippen LogP contribution in [0.4, 0.5) is 4.39 Å². The molecule has 3 nitrogen and oxygen atoms in total. The lowest BCUT2D eigenvalue weighted by atomic mass is 10.1. The molecule has 0 saturated carbocycles. The van der Waals surface area contributed by atoms with E-state index in [9.17, 15) is 4.39 Å². The summed E-state index contributed by atoms with van der Waals surface area (Å²) >= 11 is 0. The number of nitrogens with one attached hydrogen (secondary N) is 1. The largest absolute Gasteiger partial charge is 0.475 e. The zero-order valence-corrected chi connectivity index (χ0v) is 12.6. The van der Waals surface area contributed by atoms with Crippen LogP contribution in [0.2, 0.25) is 0 Å². The molecule has 1 aromatic heterocycles. The van der Waals surface area contributed by atoms with Gasteiger partial charge in [-0.2, -0.15) is 0 Å². The quantitative estimate of drug-likeness (QED) is 0.876. The first-order chi connectivity index (χ1) is 10.1. The van der Waals surface area contributed by atoms with Crippen LogP contribution in [0.15, 0.2) is 42.6 Å². The van der Waals surface area contributed by atoms with Gasteiger partial charge in [0, 0.05) is 24.3 Å². The van der Waals surface area contributed by atoms with E-state index in [4.69, 9.17) is 4.74 Å². The summed E-state index contributed by atoms with van der Waals surface area (Å²) in [5.74, 6) is 0.429. The molecule has 0 aliphatic heterocycles. The predicted molar refractivity (Wildman–Crippen MR) is 81.7 cm³/mol. The molecule has 1 N–H and O–H groups in total. The number of ether oxygens (including phenoxy) is 1. The Kier molecular flexibility index (Phi) is 5.28. The third-order valence-electron chi connectivity index (χ3n) is 3.14. The van der Waals surface area contributed by atoms with Crippen LogP contribution in [0, 0.1) is 5.82 Å². The Hall–Kier alpha value is -1.94. The number of benzene rings is 1. The maximum Gasteiger partial charge on any atom is 0.218 e. The summed E-state index contributed by atoms with van der Waals surface area (Å²) in [5.41, 5.74) is 1.92. The molecule has 2 rings (SSSR count). The molecule has 2 aromatic rings. The van der Waals surface area contributed by atoms with Crippen molar-refractivity contribution in [1.82, 2.24) is 10.3 Å². The Bertz CT molecular complexity index is 587. The van der Waals surface area contributed by atoms with E-state index in [0.29, 0.717) is 12.4 Å². The zero-order chi connectivity index (χ0) is 15.2. The molecular weight excluding hydrogens is 267 g/mol. The van der Waals surface area contributed by atoms with Gasteiger partial charge in [-0.1, -0.05) is 18.2 Å². The minimum Gasteiger partial charge on any atom is -0.475 e. The molecule has 0 fully saturated rings. The number of rotatable bonds is 6. The first kappa shape index (κ1) is 15.4. The van der Waals surface area contributed by atoms with Crippen molar-refractivity contribution in [3.05, 3.63) is 59.5 Å². The summed E-state index contributed by atoms with van der Waals surface area (Å²) < 4.78 is 18.9. The third-order valence-corrected chi connectivity index (χ3v) is 3.14. The highest BCUT2D eigenvalue weighted by atomic mass is 19.1. The van der Waals surface area contributed by atoms with Gasteiger partial charge in [-0.15, -0.1) is 0 Å². The van der Waals surface area contributed by atoms with E-state index in [1.165, 1.54) is 6.07 Å². The van der Waals surface area contributed by atoms with Crippen LogP contribution < -0.4 is 10.1 Å². The monoisotopic (exact) mass is 288 g/mol. The SMILES string of the molecule is CC(C)Oc1ncccc1CNC(C)c1cccc(F)c1. The molecule has 1 heterocycles. The van der Waals surface area contributed by atoms with Crippen molar-refractivity contribution in [2.45, 2.75) is 39.5 Å². The Morgan fingerprint density at radius 2 is 2.00 bits per heavy atom. The number of pyridine rings is 1. The maximum absolute atomic E-state index is 13.2. The number of halogens is 1. The van der Waals surface area contributed by atoms with Crippen molar-refractivity contribution in [2.24, 2.45) is 0 Å². The molecule has 0 amide bonds. The van der Waals surface area contributed by atoms with Crippen LogP contribution >= 0.6 is 0 Å². The van der Waals surface area contributed by atoms with E-state index in [0.717, 1.165) is 11.1 Å². The van der Waals surface area contributed by atoms with E-state index >= 15 is 0 Å². The molecule has 1 unspecified atom stereocenters. The fraction of sp³-hybridized carbons (Fsp3) is 0.353. The lowest BCUT2D eigenvalue weighted by Gasteiger charge is -2.17. The van der Waals surface area contributed by atoms with E-state index < -0.39 is 0 Å². The van der Waals surface area contributed by atoms with Gasteiger partial charge >= 0.3 is 0 Å². The van der Waals surface area contributed by atoms with Gasteiger partial charge in [0.05, 0.1) is 6.10 Å². The molecule has 0 aliphatic rings. The minimum atomic E-state index is -0.216. The van der Waals surface area contributed by atoms with E-state index in [2.05, 4.69) is 10.3 Å². The van der Waals surface area contributed by atoms with Crippen LogP contribution in [0.1, 0.15) is 37.9 Å². The van der Waals surface area contributed by atoms with Gasteiger partial charge in [-0.05, 0) is 44.5 Å². The minimum absolute atomic E-state index is 0.0489. The normalized spacial score (nSPS) is 12.4. The van der Waals surface area contributed by atoms with Gasteiger partial charge in [-0.25, -0.2) is 9.37 Å². The summed E-state index contributed by atoms with van der Waals surface area (Å²) in [7, 11) is 0. The molecule has 1 aromatic carbocycles. The second kappa shape index (κ2) is 7.18. The van der Waals surface area contributed by atoms with Crippen LogP contribution in [0.25, 0.3) is 0 Å². The van der Waals surface area contributed by atoms with Gasteiger partial charge in [-0.3, -0.25) is 0 Å². The van der Waals surface area contributed by atoms with Crippen molar-refractivity contribution < 1.29 is 9.13 Å². The van der Waals surface area contributed by atoms with Crippen LogP contribution in [-0.4, -0.2) is 11.1 Å².